The Morgan fingerprint density at radius 1 is 0.733 bits per heavy atom. The summed E-state index contributed by atoms with van der Waals surface area (Å²) in [6, 6.07) is 20.0. The van der Waals surface area contributed by atoms with Crippen LogP contribution in [0.4, 0.5) is 0 Å². The molecular weight excluding hydrogens is 275 g/mol. The number of rotatable bonds is 0. The Hall–Kier alpha value is -0.200. The quantitative estimate of drug-likeness (QED) is 0.510. The van der Waals surface area contributed by atoms with Gasteiger partial charge in [-0.1, -0.05) is 20.5 Å². The van der Waals surface area contributed by atoms with Crippen LogP contribution in [0, 0.1) is 0 Å². The molecule has 0 saturated heterocycles. The van der Waals surface area contributed by atoms with Gasteiger partial charge >= 0.3 is 26.2 Å². The van der Waals surface area contributed by atoms with Gasteiger partial charge in [0, 0.05) is 9.52 Å². The maximum atomic E-state index is 2.21. The molecule has 0 unspecified atom stereocenters. The maximum Gasteiger partial charge on any atom is 2.00 e. The molecule has 2 aromatic carbocycles. The van der Waals surface area contributed by atoms with Gasteiger partial charge in [-0.15, -0.1) is 0 Å². The van der Waals surface area contributed by atoms with E-state index in [2.05, 4.69) is 13.1 Å². The maximum absolute atomic E-state index is 2.21. The van der Waals surface area contributed by atoms with Crippen LogP contribution in [0.1, 0.15) is 7.43 Å². The molecule has 0 heterocycles. The fraction of sp³-hybridized carbons (Fsp3) is 0.231. The molecule has 2 heteroatoms. The third-order valence-corrected chi connectivity index (χ3v) is 1.11. The molecule has 0 aliphatic heterocycles. The Labute approximate surface area is 116 Å². The van der Waals surface area contributed by atoms with Crippen LogP contribution in [0.5, 0.6) is 0 Å². The summed E-state index contributed by atoms with van der Waals surface area (Å²) < 4.78 is 0. The van der Waals surface area contributed by atoms with Crippen LogP contribution < -0.4 is 0 Å². The summed E-state index contributed by atoms with van der Waals surface area (Å²) in [4.78, 5) is 0. The molecule has 0 amide bonds. The third-order valence-electron chi connectivity index (χ3n) is 1.11. The summed E-state index contributed by atoms with van der Waals surface area (Å²) in [5.41, 5.74) is 0. The Kier molecular flexibility index (Phi) is 26.2. The van der Waals surface area contributed by atoms with E-state index in [1.807, 2.05) is 60.7 Å². The van der Waals surface area contributed by atoms with Gasteiger partial charge in [0.05, 0.1) is 0 Å². The molecule has 0 aliphatic carbocycles. The van der Waals surface area contributed by atoms with Gasteiger partial charge < -0.3 is 0 Å². The van der Waals surface area contributed by atoms with Crippen LogP contribution in [0.25, 0.3) is 0 Å². The van der Waals surface area contributed by atoms with E-state index in [0.717, 1.165) is 9.52 Å². The standard InChI is InChI=1S/2C5H5.C2H7Si.CH4.Zr/c2*1-2-4-5-3-1;1-3-2;;/h2*1-5H;3H,1-2H3;1H4;/q2*-1;;;+2. The first-order chi connectivity index (χ1) is 6.41. The molecule has 2 rings (SSSR count). The minimum absolute atomic E-state index is 0. The molecule has 0 aromatic heterocycles. The third kappa shape index (κ3) is 20.0. The topological polar surface area (TPSA) is 0 Å². The van der Waals surface area contributed by atoms with Gasteiger partial charge in [-0.3, -0.25) is 0 Å². The van der Waals surface area contributed by atoms with E-state index in [1.54, 1.807) is 0 Å². The van der Waals surface area contributed by atoms with Crippen molar-refractivity contribution in [2.24, 2.45) is 0 Å². The molecule has 81 valence electrons. The predicted molar refractivity (Wildman–Crippen MR) is 69.7 cm³/mol. The first-order valence-electron chi connectivity index (χ1n) is 4.49. The van der Waals surface area contributed by atoms with Crippen molar-refractivity contribution in [2.45, 2.75) is 20.5 Å². The fourth-order valence-corrected chi connectivity index (χ4v) is 0.642. The van der Waals surface area contributed by atoms with Gasteiger partial charge in [-0.05, 0) is 0 Å². The van der Waals surface area contributed by atoms with Crippen LogP contribution in [0.2, 0.25) is 13.1 Å². The Morgan fingerprint density at radius 2 is 0.933 bits per heavy atom. The molecule has 0 fully saturated rings. The van der Waals surface area contributed by atoms with Gasteiger partial charge in [0.2, 0.25) is 0 Å². The molecule has 0 saturated carbocycles. The average Bonchev–Trinajstić information content (AvgIpc) is 2.85. The Balaban J connectivity index is -0.000000140. The second-order valence-corrected chi connectivity index (χ2v) is 3.66. The van der Waals surface area contributed by atoms with Crippen molar-refractivity contribution in [3.8, 4) is 0 Å². The summed E-state index contributed by atoms with van der Waals surface area (Å²) in [5, 5.41) is 0. The van der Waals surface area contributed by atoms with Crippen molar-refractivity contribution in [1.29, 1.82) is 0 Å². The van der Waals surface area contributed by atoms with Crippen LogP contribution in [-0.4, -0.2) is 9.52 Å². The predicted octanol–water partition coefficient (Wildman–Crippen LogP) is 3.96. The van der Waals surface area contributed by atoms with Crippen molar-refractivity contribution in [1.82, 2.24) is 0 Å². The Bertz CT molecular complexity index is 162. The minimum atomic E-state index is 0. The van der Waals surface area contributed by atoms with Gasteiger partial charge in [0.25, 0.3) is 0 Å². The van der Waals surface area contributed by atoms with Crippen molar-refractivity contribution in [3.05, 3.63) is 60.7 Å². The zero-order valence-electron chi connectivity index (χ0n) is 8.85. The number of hydrogen-bond acceptors (Lipinski definition) is 0. The molecule has 1 radical (unpaired) electrons. The molecule has 0 aliphatic rings. The van der Waals surface area contributed by atoms with Crippen molar-refractivity contribution >= 4 is 9.52 Å². The second-order valence-electron chi connectivity index (χ2n) is 2.50. The summed E-state index contributed by atoms with van der Waals surface area (Å²) >= 11 is 0. The van der Waals surface area contributed by atoms with Crippen molar-refractivity contribution in [2.75, 3.05) is 0 Å². The molecular formula is C13H21SiZr. The van der Waals surface area contributed by atoms with E-state index >= 15 is 0 Å². The molecule has 15 heavy (non-hydrogen) atoms. The zero-order chi connectivity index (χ0) is 9.78. The summed E-state index contributed by atoms with van der Waals surface area (Å²) in [5.74, 6) is 0. The summed E-state index contributed by atoms with van der Waals surface area (Å²) in [6.45, 7) is 4.42. The molecule has 2 aromatic rings. The van der Waals surface area contributed by atoms with Gasteiger partial charge in [0.1, 0.15) is 0 Å². The average molecular weight is 297 g/mol. The Morgan fingerprint density at radius 3 is 1.00 bits per heavy atom. The van der Waals surface area contributed by atoms with E-state index in [4.69, 9.17) is 0 Å². The van der Waals surface area contributed by atoms with Gasteiger partial charge in [0.15, 0.2) is 0 Å². The first-order valence-corrected chi connectivity index (χ1v) is 6.80. The first kappa shape index (κ1) is 20.2. The van der Waals surface area contributed by atoms with Crippen LogP contribution in [0.15, 0.2) is 60.7 Å². The molecule has 0 spiro atoms. The van der Waals surface area contributed by atoms with E-state index in [1.165, 1.54) is 0 Å². The van der Waals surface area contributed by atoms with E-state index in [-0.39, 0.29) is 33.6 Å². The number of hydrogen-bond donors (Lipinski definition) is 0. The molecule has 0 bridgehead atoms. The largest absolute Gasteiger partial charge is 2.00 e. The molecule has 0 atom stereocenters. The van der Waals surface area contributed by atoms with Crippen molar-refractivity contribution < 1.29 is 26.2 Å². The van der Waals surface area contributed by atoms with Crippen LogP contribution in [0.3, 0.4) is 0 Å². The molecule has 0 N–H and O–H groups in total. The van der Waals surface area contributed by atoms with E-state index in [0.29, 0.717) is 0 Å². The van der Waals surface area contributed by atoms with Crippen molar-refractivity contribution in [3.63, 3.8) is 0 Å². The second kappa shape index (κ2) is 19.4. The van der Waals surface area contributed by atoms with E-state index < -0.39 is 0 Å². The monoisotopic (exact) mass is 295 g/mol. The zero-order valence-corrected chi connectivity index (χ0v) is 12.5. The van der Waals surface area contributed by atoms with Crippen LogP contribution >= 0.6 is 0 Å². The normalized spacial score (nSPS) is 6.53. The fourth-order valence-electron chi connectivity index (χ4n) is 0.642. The SMILES string of the molecule is C.C[SiH]C.[Zr+2].c1cc[cH-]c1.c1cc[cH-]c1. The summed E-state index contributed by atoms with van der Waals surface area (Å²) in [6.07, 6.45) is 0. The van der Waals surface area contributed by atoms with Gasteiger partial charge in [-0.25, -0.2) is 24.3 Å². The van der Waals surface area contributed by atoms with Crippen LogP contribution in [-0.2, 0) is 26.2 Å². The van der Waals surface area contributed by atoms with E-state index in [9.17, 15) is 0 Å². The summed E-state index contributed by atoms with van der Waals surface area (Å²) in [7, 11) is 0.750. The molecule has 0 nitrogen and oxygen atoms in total. The minimum Gasteiger partial charge on any atom is -0.214 e. The smallest absolute Gasteiger partial charge is 0.214 e. The van der Waals surface area contributed by atoms with Gasteiger partial charge in [-0.2, -0.15) is 36.4 Å².